The lowest BCUT2D eigenvalue weighted by molar-refractivity contribution is -0.142. The van der Waals surface area contributed by atoms with Crippen molar-refractivity contribution in [3.63, 3.8) is 0 Å². The Kier molecular flexibility index (Phi) is 5.77. The van der Waals surface area contributed by atoms with E-state index in [4.69, 9.17) is 14.9 Å². The summed E-state index contributed by atoms with van der Waals surface area (Å²) in [4.78, 5) is 15.5. The highest BCUT2D eigenvalue weighted by Gasteiger charge is 2.45. The van der Waals surface area contributed by atoms with Gasteiger partial charge in [-0.05, 0) is 49.2 Å². The number of ether oxygens (including phenoxy) is 1. The summed E-state index contributed by atoms with van der Waals surface area (Å²) < 4.78 is 80.8. The van der Waals surface area contributed by atoms with E-state index in [-0.39, 0.29) is 39.8 Å². The Hall–Kier alpha value is -3.21. The average molecular weight is 469 g/mol. The molecule has 1 aliphatic heterocycles. The minimum absolute atomic E-state index is 0.0300. The van der Waals surface area contributed by atoms with Crippen LogP contribution in [0.25, 0.3) is 11.0 Å². The fourth-order valence-electron chi connectivity index (χ4n) is 4.26. The molecule has 1 aromatic carbocycles. The van der Waals surface area contributed by atoms with Crippen LogP contribution in [0, 0.1) is 6.92 Å². The van der Waals surface area contributed by atoms with Gasteiger partial charge in [-0.2, -0.15) is 13.2 Å². The van der Waals surface area contributed by atoms with Crippen LogP contribution in [0.5, 0.6) is 5.75 Å². The Bertz CT molecular complexity index is 1210. The smallest absolute Gasteiger partial charge is 0.437 e. The van der Waals surface area contributed by atoms with E-state index >= 15 is 0 Å². The highest BCUT2D eigenvalue weighted by atomic mass is 19.4. The van der Waals surface area contributed by atoms with E-state index in [0.29, 0.717) is 6.54 Å². The van der Waals surface area contributed by atoms with Crippen LogP contribution >= 0.6 is 0 Å². The van der Waals surface area contributed by atoms with Crippen molar-refractivity contribution in [1.29, 1.82) is 0 Å². The summed E-state index contributed by atoms with van der Waals surface area (Å²) in [5, 5.41) is 2.77. The van der Waals surface area contributed by atoms with E-state index in [2.05, 4.69) is 10.3 Å². The number of hydrogen-bond donors (Lipinski definition) is 2. The van der Waals surface area contributed by atoms with Crippen LogP contribution in [0.15, 0.2) is 34.9 Å². The lowest BCUT2D eigenvalue weighted by atomic mass is 9.81. The quantitative estimate of drug-likeness (QED) is 0.536. The summed E-state index contributed by atoms with van der Waals surface area (Å²) in [7, 11) is 0. The third kappa shape index (κ3) is 4.24. The Balaban J connectivity index is 1.86. The molecule has 1 aliphatic rings. The summed E-state index contributed by atoms with van der Waals surface area (Å²) >= 11 is 0. The number of fused-ring (bicyclic) bond motifs is 1. The van der Waals surface area contributed by atoms with E-state index in [1.54, 1.807) is 0 Å². The molecule has 1 atom stereocenters. The first-order chi connectivity index (χ1) is 15.5. The van der Waals surface area contributed by atoms with Crippen molar-refractivity contribution in [1.82, 2.24) is 10.3 Å². The molecule has 11 heteroatoms. The van der Waals surface area contributed by atoms with Gasteiger partial charge in [0.25, 0.3) is 11.8 Å². The largest absolute Gasteiger partial charge is 0.487 e. The number of halogens is 5. The second kappa shape index (κ2) is 8.29. The number of pyridine rings is 1. The minimum atomic E-state index is -4.76. The first kappa shape index (κ1) is 23.0. The number of aromatic nitrogens is 1. The fraction of sp³-hybridized carbons (Fsp3) is 0.364. The predicted octanol–water partition coefficient (Wildman–Crippen LogP) is 4.55. The molecule has 0 bridgehead atoms. The Morgan fingerprint density at radius 2 is 2.09 bits per heavy atom. The zero-order chi connectivity index (χ0) is 24.0. The monoisotopic (exact) mass is 469 g/mol. The zero-order valence-corrected chi connectivity index (χ0v) is 17.4. The van der Waals surface area contributed by atoms with Gasteiger partial charge in [0.2, 0.25) is 0 Å². The number of alkyl halides is 5. The number of carbonyl (C=O) groups is 1. The highest BCUT2D eigenvalue weighted by molar-refractivity contribution is 6.08. The van der Waals surface area contributed by atoms with Crippen molar-refractivity contribution in [2.45, 2.75) is 38.0 Å². The Morgan fingerprint density at radius 3 is 2.76 bits per heavy atom. The predicted molar refractivity (Wildman–Crippen MR) is 108 cm³/mol. The van der Waals surface area contributed by atoms with Gasteiger partial charge in [0, 0.05) is 11.6 Å². The molecule has 4 rings (SSSR count). The van der Waals surface area contributed by atoms with Crippen LogP contribution < -0.4 is 15.8 Å². The van der Waals surface area contributed by atoms with Crippen molar-refractivity contribution in [3.05, 3.63) is 58.6 Å². The zero-order valence-electron chi connectivity index (χ0n) is 17.4. The SMILES string of the molecule is Cc1oc2ccc(COc3cccnc3C(F)(F)F)c(C3CCNCC3(F)F)c2c1C(N)=O. The molecule has 1 saturated heterocycles. The van der Waals surface area contributed by atoms with Crippen LogP contribution in [0.4, 0.5) is 22.0 Å². The van der Waals surface area contributed by atoms with Crippen molar-refractivity contribution in [2.75, 3.05) is 13.1 Å². The van der Waals surface area contributed by atoms with E-state index in [1.807, 2.05) is 0 Å². The number of rotatable bonds is 5. The van der Waals surface area contributed by atoms with Crippen molar-refractivity contribution in [2.24, 2.45) is 5.73 Å². The van der Waals surface area contributed by atoms with Gasteiger partial charge in [0.05, 0.1) is 18.0 Å². The van der Waals surface area contributed by atoms with Crippen molar-refractivity contribution in [3.8, 4) is 5.75 Å². The van der Waals surface area contributed by atoms with Gasteiger partial charge < -0.3 is 20.2 Å². The second-order valence-corrected chi connectivity index (χ2v) is 7.82. The normalized spacial score (nSPS) is 18.4. The number of furan rings is 1. The van der Waals surface area contributed by atoms with Crippen molar-refractivity contribution >= 4 is 16.9 Å². The van der Waals surface area contributed by atoms with Crippen molar-refractivity contribution < 1.29 is 35.9 Å². The van der Waals surface area contributed by atoms with Crippen LogP contribution in [-0.4, -0.2) is 29.9 Å². The number of nitrogens with two attached hydrogens (primary N) is 1. The second-order valence-electron chi connectivity index (χ2n) is 7.82. The minimum Gasteiger partial charge on any atom is -0.487 e. The third-order valence-electron chi connectivity index (χ3n) is 5.66. The summed E-state index contributed by atoms with van der Waals surface area (Å²) in [5.41, 5.74) is 4.73. The molecule has 0 saturated carbocycles. The molecule has 1 unspecified atom stereocenters. The lowest BCUT2D eigenvalue weighted by Crippen LogP contribution is -2.45. The third-order valence-corrected chi connectivity index (χ3v) is 5.66. The molecule has 3 aromatic rings. The first-order valence-electron chi connectivity index (χ1n) is 10.1. The number of carbonyl (C=O) groups excluding carboxylic acids is 1. The number of nitrogens with zero attached hydrogens (tertiary/aromatic N) is 1. The maximum Gasteiger partial charge on any atom is 0.437 e. The number of benzene rings is 1. The van der Waals surface area contributed by atoms with E-state index < -0.39 is 48.5 Å². The van der Waals surface area contributed by atoms with Gasteiger partial charge in [-0.25, -0.2) is 13.8 Å². The molecule has 33 heavy (non-hydrogen) atoms. The number of piperidine rings is 1. The van der Waals surface area contributed by atoms with Gasteiger partial charge >= 0.3 is 6.18 Å². The Labute approximate surface area is 184 Å². The Morgan fingerprint density at radius 1 is 1.33 bits per heavy atom. The number of nitrogens with one attached hydrogen (secondary N) is 1. The summed E-state index contributed by atoms with van der Waals surface area (Å²) in [6, 6.07) is 5.29. The molecule has 0 aliphatic carbocycles. The maximum absolute atomic E-state index is 15.0. The van der Waals surface area contributed by atoms with Crippen LogP contribution in [-0.2, 0) is 12.8 Å². The number of primary amides is 1. The molecule has 176 valence electrons. The van der Waals surface area contributed by atoms with Gasteiger partial charge in [-0.15, -0.1) is 0 Å². The molecule has 2 aromatic heterocycles. The van der Waals surface area contributed by atoms with E-state index in [1.165, 1.54) is 25.1 Å². The lowest BCUT2D eigenvalue weighted by Gasteiger charge is -2.34. The average Bonchev–Trinajstić information content (AvgIpc) is 3.07. The number of hydrogen-bond acceptors (Lipinski definition) is 5. The molecule has 1 amide bonds. The topological polar surface area (TPSA) is 90.4 Å². The van der Waals surface area contributed by atoms with Crippen LogP contribution in [0.1, 0.15) is 45.3 Å². The van der Waals surface area contributed by atoms with Crippen LogP contribution in [0.2, 0.25) is 0 Å². The standard InChI is InChI=1S/C22H20F5N3O3/c1-11-16(20(28)31)18-14(33-11)5-4-12(17(18)13-6-8-29-10-21(13,23)24)9-32-15-3-2-7-30-19(15)22(25,26)27/h2-5,7,13,29H,6,8-10H2,1H3,(H2,28,31). The molecule has 0 radical (unpaired) electrons. The maximum atomic E-state index is 15.0. The summed E-state index contributed by atoms with van der Waals surface area (Å²) in [6.45, 7) is 0.743. The van der Waals surface area contributed by atoms with Gasteiger partial charge in [-0.1, -0.05) is 6.07 Å². The molecular formula is C22H20F5N3O3. The molecule has 6 nitrogen and oxygen atoms in total. The molecule has 1 fully saturated rings. The summed E-state index contributed by atoms with van der Waals surface area (Å²) in [5.74, 6) is -5.74. The molecule has 0 spiro atoms. The molecular weight excluding hydrogens is 449 g/mol. The first-order valence-corrected chi connectivity index (χ1v) is 10.1. The van der Waals surface area contributed by atoms with Gasteiger partial charge in [0.15, 0.2) is 11.4 Å². The van der Waals surface area contributed by atoms with E-state index in [0.717, 1.165) is 12.3 Å². The van der Waals surface area contributed by atoms with Gasteiger partial charge in [-0.3, -0.25) is 4.79 Å². The molecule has 3 heterocycles. The fourth-order valence-corrected chi connectivity index (χ4v) is 4.26. The van der Waals surface area contributed by atoms with Gasteiger partial charge in [0.1, 0.15) is 18.0 Å². The highest BCUT2D eigenvalue weighted by Crippen LogP contribution is 2.45. The number of aryl methyl sites for hydroxylation is 1. The summed E-state index contributed by atoms with van der Waals surface area (Å²) in [6.07, 6.45) is -3.75. The molecule has 3 N–H and O–H groups in total. The van der Waals surface area contributed by atoms with E-state index in [9.17, 15) is 26.7 Å². The van der Waals surface area contributed by atoms with Crippen LogP contribution in [0.3, 0.4) is 0 Å². The number of amides is 1.